The van der Waals surface area contributed by atoms with Crippen LogP contribution in [-0.2, 0) is 10.0 Å². The first-order chi connectivity index (χ1) is 7.24. The van der Waals surface area contributed by atoms with Gasteiger partial charge in [-0.25, -0.2) is 13.1 Å². The maximum absolute atomic E-state index is 11.9. The van der Waals surface area contributed by atoms with Crippen molar-refractivity contribution in [3.63, 3.8) is 0 Å². The second kappa shape index (κ2) is 4.91. The SMILES string of the molecule is CC(C)NS(=O)(=O)c1cc(Cl)cc(N)c1Br. The van der Waals surface area contributed by atoms with Gasteiger partial charge in [-0.3, -0.25) is 0 Å². The Labute approximate surface area is 108 Å². The van der Waals surface area contributed by atoms with E-state index in [0.717, 1.165) is 0 Å². The summed E-state index contributed by atoms with van der Waals surface area (Å²) in [5.74, 6) is 0. The summed E-state index contributed by atoms with van der Waals surface area (Å²) in [5.41, 5.74) is 5.91. The van der Waals surface area contributed by atoms with Crippen molar-refractivity contribution in [2.75, 3.05) is 5.73 Å². The molecular weight excluding hydrogens is 316 g/mol. The highest BCUT2D eigenvalue weighted by atomic mass is 79.9. The normalized spacial score (nSPS) is 12.1. The molecule has 3 N–H and O–H groups in total. The molecule has 1 aromatic carbocycles. The minimum atomic E-state index is -3.60. The molecule has 0 aromatic heterocycles. The molecule has 0 aliphatic heterocycles. The highest BCUT2D eigenvalue weighted by Crippen LogP contribution is 2.31. The zero-order valence-corrected chi connectivity index (χ0v) is 11.9. The molecule has 0 aliphatic carbocycles. The molecule has 0 aliphatic rings. The van der Waals surface area contributed by atoms with Crippen LogP contribution in [0.15, 0.2) is 21.5 Å². The molecule has 16 heavy (non-hydrogen) atoms. The van der Waals surface area contributed by atoms with E-state index in [1.807, 2.05) is 0 Å². The van der Waals surface area contributed by atoms with Crippen LogP contribution in [0.1, 0.15) is 13.8 Å². The van der Waals surface area contributed by atoms with Crippen LogP contribution >= 0.6 is 27.5 Å². The van der Waals surface area contributed by atoms with Crippen LogP contribution in [0, 0.1) is 0 Å². The number of nitrogens with one attached hydrogen (secondary N) is 1. The maximum Gasteiger partial charge on any atom is 0.242 e. The summed E-state index contributed by atoms with van der Waals surface area (Å²) in [5, 5.41) is 0.282. The van der Waals surface area contributed by atoms with Crippen molar-refractivity contribution in [1.29, 1.82) is 0 Å². The van der Waals surface area contributed by atoms with Crippen LogP contribution in [0.5, 0.6) is 0 Å². The Morgan fingerprint density at radius 1 is 1.44 bits per heavy atom. The lowest BCUT2D eigenvalue weighted by molar-refractivity contribution is 0.569. The Kier molecular flexibility index (Phi) is 4.23. The lowest BCUT2D eigenvalue weighted by atomic mass is 10.3. The summed E-state index contributed by atoms with van der Waals surface area (Å²) in [7, 11) is -3.60. The second-order valence-electron chi connectivity index (χ2n) is 3.58. The Balaban J connectivity index is 3.33. The molecule has 0 amide bonds. The molecule has 0 bridgehead atoms. The van der Waals surface area contributed by atoms with Gasteiger partial charge in [-0.05, 0) is 41.9 Å². The summed E-state index contributed by atoms with van der Waals surface area (Å²) in [6.07, 6.45) is 0. The predicted molar refractivity (Wildman–Crippen MR) is 69.0 cm³/mol. The molecule has 0 saturated carbocycles. The van der Waals surface area contributed by atoms with E-state index < -0.39 is 10.0 Å². The molecule has 0 atom stereocenters. The van der Waals surface area contributed by atoms with Gasteiger partial charge in [-0.2, -0.15) is 0 Å². The van der Waals surface area contributed by atoms with Crippen LogP contribution in [0.3, 0.4) is 0 Å². The zero-order chi connectivity index (χ0) is 12.5. The Morgan fingerprint density at radius 3 is 2.50 bits per heavy atom. The minimum Gasteiger partial charge on any atom is -0.398 e. The van der Waals surface area contributed by atoms with Crippen molar-refractivity contribution < 1.29 is 8.42 Å². The van der Waals surface area contributed by atoms with Gasteiger partial charge in [0.15, 0.2) is 0 Å². The highest BCUT2D eigenvalue weighted by Gasteiger charge is 2.20. The lowest BCUT2D eigenvalue weighted by Gasteiger charge is -2.12. The molecular formula is C9H12BrClN2O2S. The smallest absolute Gasteiger partial charge is 0.242 e. The van der Waals surface area contributed by atoms with Crippen molar-refractivity contribution in [2.45, 2.75) is 24.8 Å². The van der Waals surface area contributed by atoms with Gasteiger partial charge in [0, 0.05) is 16.8 Å². The van der Waals surface area contributed by atoms with Gasteiger partial charge < -0.3 is 5.73 Å². The number of sulfonamides is 1. The van der Waals surface area contributed by atoms with Crippen molar-refractivity contribution in [3.8, 4) is 0 Å². The first-order valence-electron chi connectivity index (χ1n) is 4.51. The average Bonchev–Trinajstić information content (AvgIpc) is 2.08. The Morgan fingerprint density at radius 2 is 2.00 bits per heavy atom. The number of nitrogen functional groups attached to an aromatic ring is 1. The van der Waals surface area contributed by atoms with Crippen LogP contribution in [-0.4, -0.2) is 14.5 Å². The summed E-state index contributed by atoms with van der Waals surface area (Å²) in [6.45, 7) is 3.47. The topological polar surface area (TPSA) is 72.2 Å². The van der Waals surface area contributed by atoms with Crippen molar-refractivity contribution in [3.05, 3.63) is 21.6 Å². The van der Waals surface area contributed by atoms with E-state index in [4.69, 9.17) is 17.3 Å². The fraction of sp³-hybridized carbons (Fsp3) is 0.333. The number of hydrogen-bond acceptors (Lipinski definition) is 3. The Bertz CT molecular complexity index is 502. The third-order valence-electron chi connectivity index (χ3n) is 1.71. The quantitative estimate of drug-likeness (QED) is 0.837. The summed E-state index contributed by atoms with van der Waals surface area (Å²) >= 11 is 8.91. The van der Waals surface area contributed by atoms with Crippen LogP contribution in [0.2, 0.25) is 5.02 Å². The van der Waals surface area contributed by atoms with Crippen molar-refractivity contribution in [1.82, 2.24) is 4.72 Å². The first kappa shape index (κ1) is 13.8. The summed E-state index contributed by atoms with van der Waals surface area (Å²) < 4.78 is 26.6. The number of anilines is 1. The zero-order valence-electron chi connectivity index (χ0n) is 8.79. The second-order valence-corrected chi connectivity index (χ2v) is 6.49. The fourth-order valence-corrected chi connectivity index (χ4v) is 3.70. The molecule has 0 saturated heterocycles. The van der Waals surface area contributed by atoms with E-state index in [0.29, 0.717) is 4.47 Å². The third-order valence-corrected chi connectivity index (χ3v) is 4.76. The number of benzene rings is 1. The van der Waals surface area contributed by atoms with Crippen LogP contribution < -0.4 is 10.5 Å². The van der Waals surface area contributed by atoms with Crippen molar-refractivity contribution in [2.24, 2.45) is 0 Å². The molecule has 0 spiro atoms. The molecule has 1 aromatic rings. The Hall–Kier alpha value is -0.300. The van der Waals surface area contributed by atoms with Gasteiger partial charge in [-0.1, -0.05) is 11.6 Å². The van der Waals surface area contributed by atoms with E-state index in [1.165, 1.54) is 12.1 Å². The fourth-order valence-electron chi connectivity index (χ4n) is 1.15. The van der Waals surface area contributed by atoms with Crippen LogP contribution in [0.25, 0.3) is 0 Å². The molecule has 0 radical (unpaired) electrons. The first-order valence-corrected chi connectivity index (χ1v) is 7.16. The van der Waals surface area contributed by atoms with Gasteiger partial charge in [0.1, 0.15) is 0 Å². The summed E-state index contributed by atoms with van der Waals surface area (Å²) in [4.78, 5) is 0.0474. The van der Waals surface area contributed by atoms with E-state index in [-0.39, 0.29) is 21.6 Å². The molecule has 90 valence electrons. The molecule has 7 heteroatoms. The third kappa shape index (κ3) is 3.10. The highest BCUT2D eigenvalue weighted by molar-refractivity contribution is 9.10. The predicted octanol–water partition coefficient (Wildman–Crippen LogP) is 2.37. The standard InChI is InChI=1S/C9H12BrClN2O2S/c1-5(2)13-16(14,15)8-4-6(11)3-7(12)9(8)10/h3-5,13H,12H2,1-2H3. The molecule has 0 unspecified atom stereocenters. The molecule has 4 nitrogen and oxygen atoms in total. The van der Waals surface area contributed by atoms with Gasteiger partial charge in [-0.15, -0.1) is 0 Å². The minimum absolute atomic E-state index is 0.0474. The van der Waals surface area contributed by atoms with Gasteiger partial charge in [0.05, 0.1) is 9.37 Å². The number of hydrogen-bond donors (Lipinski definition) is 2. The number of halogens is 2. The van der Waals surface area contributed by atoms with Gasteiger partial charge >= 0.3 is 0 Å². The lowest BCUT2D eigenvalue weighted by Crippen LogP contribution is -2.30. The van der Waals surface area contributed by atoms with Gasteiger partial charge in [0.2, 0.25) is 10.0 Å². The van der Waals surface area contributed by atoms with E-state index in [1.54, 1.807) is 13.8 Å². The van der Waals surface area contributed by atoms with E-state index in [9.17, 15) is 8.42 Å². The molecule has 1 rings (SSSR count). The van der Waals surface area contributed by atoms with Gasteiger partial charge in [0.25, 0.3) is 0 Å². The molecule has 0 fully saturated rings. The van der Waals surface area contributed by atoms with Crippen molar-refractivity contribution >= 4 is 43.2 Å². The largest absolute Gasteiger partial charge is 0.398 e. The number of nitrogens with two attached hydrogens (primary N) is 1. The van der Waals surface area contributed by atoms with Crippen LogP contribution in [0.4, 0.5) is 5.69 Å². The monoisotopic (exact) mass is 326 g/mol. The van der Waals surface area contributed by atoms with E-state index >= 15 is 0 Å². The molecule has 0 heterocycles. The number of rotatable bonds is 3. The van der Waals surface area contributed by atoms with E-state index in [2.05, 4.69) is 20.7 Å². The average molecular weight is 328 g/mol. The maximum atomic E-state index is 11.9. The summed E-state index contributed by atoms with van der Waals surface area (Å²) in [6, 6.07) is 2.64.